The summed E-state index contributed by atoms with van der Waals surface area (Å²) in [5.74, 6) is 2.60. The highest BCUT2D eigenvalue weighted by atomic mass is 32.1. The third kappa shape index (κ3) is 3.45. The first-order valence-electron chi connectivity index (χ1n) is 7.66. The van der Waals surface area contributed by atoms with Crippen molar-refractivity contribution in [1.29, 1.82) is 0 Å². The molecular formula is C14H24N4S. The molecule has 19 heavy (non-hydrogen) atoms. The van der Waals surface area contributed by atoms with E-state index in [2.05, 4.69) is 21.5 Å². The Morgan fingerprint density at radius 1 is 1.26 bits per heavy atom. The van der Waals surface area contributed by atoms with Crippen LogP contribution in [0, 0.1) is 5.92 Å². The number of nitrogens with one attached hydrogen (secondary N) is 1. The van der Waals surface area contributed by atoms with Crippen LogP contribution in [0.15, 0.2) is 0 Å². The minimum atomic E-state index is 0.673. The van der Waals surface area contributed by atoms with Gasteiger partial charge < -0.3 is 10.2 Å². The van der Waals surface area contributed by atoms with E-state index in [0.717, 1.165) is 30.0 Å². The number of nitrogens with zero attached hydrogens (tertiary/aromatic N) is 3. The van der Waals surface area contributed by atoms with Gasteiger partial charge in [0.25, 0.3) is 0 Å². The summed E-state index contributed by atoms with van der Waals surface area (Å²) in [6, 6.07) is 0. The van der Waals surface area contributed by atoms with E-state index < -0.39 is 0 Å². The zero-order valence-corrected chi connectivity index (χ0v) is 12.6. The Hall–Kier alpha value is -0.680. The highest BCUT2D eigenvalue weighted by molar-refractivity contribution is 7.09. The molecule has 2 heterocycles. The largest absolute Gasteiger partial charge is 0.347 e. The number of hydrogen-bond donors (Lipinski definition) is 1. The Kier molecular flexibility index (Phi) is 4.33. The topological polar surface area (TPSA) is 41.0 Å². The van der Waals surface area contributed by atoms with Gasteiger partial charge in [0.2, 0.25) is 5.13 Å². The molecular weight excluding hydrogens is 256 g/mol. The average Bonchev–Trinajstić information content (AvgIpc) is 3.17. The molecule has 0 radical (unpaired) electrons. The monoisotopic (exact) mass is 280 g/mol. The molecule has 1 saturated carbocycles. The maximum atomic E-state index is 4.77. The minimum absolute atomic E-state index is 0.673. The number of rotatable bonds is 6. The highest BCUT2D eigenvalue weighted by Crippen LogP contribution is 2.39. The van der Waals surface area contributed by atoms with Crippen LogP contribution >= 0.6 is 11.5 Å². The van der Waals surface area contributed by atoms with E-state index in [4.69, 9.17) is 4.98 Å². The number of piperidine rings is 1. The number of aromatic nitrogens is 2. The summed E-state index contributed by atoms with van der Waals surface area (Å²) in [5.41, 5.74) is 0. The van der Waals surface area contributed by atoms with Crippen LogP contribution in [0.5, 0.6) is 0 Å². The van der Waals surface area contributed by atoms with Crippen molar-refractivity contribution in [2.24, 2.45) is 5.92 Å². The van der Waals surface area contributed by atoms with E-state index in [0.29, 0.717) is 5.92 Å². The fourth-order valence-corrected chi connectivity index (χ4v) is 3.55. The van der Waals surface area contributed by atoms with Crippen molar-refractivity contribution in [2.75, 3.05) is 31.1 Å². The van der Waals surface area contributed by atoms with Gasteiger partial charge in [0, 0.05) is 30.5 Å². The summed E-state index contributed by atoms with van der Waals surface area (Å²) in [6.45, 7) is 6.87. The van der Waals surface area contributed by atoms with E-state index in [-0.39, 0.29) is 0 Å². The molecule has 0 aromatic carbocycles. The van der Waals surface area contributed by atoms with Gasteiger partial charge in [0.05, 0.1) is 0 Å². The second-order valence-corrected chi connectivity index (χ2v) is 6.58. The average molecular weight is 280 g/mol. The van der Waals surface area contributed by atoms with Crippen molar-refractivity contribution in [3.05, 3.63) is 5.82 Å². The zero-order valence-electron chi connectivity index (χ0n) is 11.8. The Morgan fingerprint density at radius 3 is 2.74 bits per heavy atom. The molecule has 106 valence electrons. The van der Waals surface area contributed by atoms with Crippen molar-refractivity contribution in [3.63, 3.8) is 0 Å². The maximum Gasteiger partial charge on any atom is 0.205 e. The lowest BCUT2D eigenvalue weighted by molar-refractivity contribution is 0.373. The molecule has 1 aromatic heterocycles. The molecule has 5 heteroatoms. The van der Waals surface area contributed by atoms with Crippen LogP contribution in [0.2, 0.25) is 0 Å². The molecule has 1 N–H and O–H groups in total. The van der Waals surface area contributed by atoms with Crippen LogP contribution in [-0.4, -0.2) is 35.5 Å². The van der Waals surface area contributed by atoms with Gasteiger partial charge in [0.15, 0.2) is 0 Å². The van der Waals surface area contributed by atoms with Crippen molar-refractivity contribution >= 4 is 16.7 Å². The number of anilines is 1. The first-order chi connectivity index (χ1) is 9.36. The second-order valence-electron chi connectivity index (χ2n) is 5.85. The van der Waals surface area contributed by atoms with E-state index in [1.807, 2.05) is 0 Å². The molecule has 0 spiro atoms. The van der Waals surface area contributed by atoms with Crippen molar-refractivity contribution in [1.82, 2.24) is 14.7 Å². The summed E-state index contributed by atoms with van der Waals surface area (Å²) in [7, 11) is 0. The minimum Gasteiger partial charge on any atom is -0.347 e. The van der Waals surface area contributed by atoms with Gasteiger partial charge in [-0.15, -0.1) is 0 Å². The molecule has 2 fully saturated rings. The van der Waals surface area contributed by atoms with E-state index in [1.54, 1.807) is 11.5 Å². The first kappa shape index (κ1) is 13.3. The van der Waals surface area contributed by atoms with Crippen LogP contribution in [0.1, 0.15) is 50.8 Å². The van der Waals surface area contributed by atoms with Gasteiger partial charge in [-0.25, -0.2) is 4.98 Å². The normalized spacial score (nSPS) is 20.7. The van der Waals surface area contributed by atoms with Gasteiger partial charge in [-0.05, 0) is 51.1 Å². The van der Waals surface area contributed by atoms with Crippen LogP contribution < -0.4 is 10.2 Å². The fraction of sp³-hybridized carbons (Fsp3) is 0.857. The molecule has 0 unspecified atom stereocenters. The molecule has 1 aliphatic heterocycles. The predicted octanol–water partition coefficient (Wildman–Crippen LogP) is 2.63. The Bertz CT molecular complexity index is 396. The Labute approximate surface area is 119 Å². The van der Waals surface area contributed by atoms with Gasteiger partial charge in [-0.1, -0.05) is 6.92 Å². The fourth-order valence-electron chi connectivity index (χ4n) is 2.77. The molecule has 2 aliphatic rings. The molecule has 1 aliphatic carbocycles. The molecule has 4 nitrogen and oxygen atoms in total. The summed E-state index contributed by atoms with van der Waals surface area (Å²) in [5, 5.41) is 4.60. The highest BCUT2D eigenvalue weighted by Gasteiger charge is 2.29. The molecule has 0 amide bonds. The van der Waals surface area contributed by atoms with Crippen LogP contribution in [0.25, 0.3) is 0 Å². The van der Waals surface area contributed by atoms with Gasteiger partial charge in [-0.2, -0.15) is 4.37 Å². The maximum absolute atomic E-state index is 4.77. The van der Waals surface area contributed by atoms with Crippen LogP contribution in [0.4, 0.5) is 5.13 Å². The third-order valence-electron chi connectivity index (χ3n) is 4.07. The smallest absolute Gasteiger partial charge is 0.205 e. The molecule has 0 atom stereocenters. The summed E-state index contributed by atoms with van der Waals surface area (Å²) < 4.78 is 4.55. The second kappa shape index (κ2) is 6.18. The molecule has 1 aromatic rings. The first-order valence-corrected chi connectivity index (χ1v) is 8.43. The van der Waals surface area contributed by atoms with Crippen molar-refractivity contribution in [3.8, 4) is 0 Å². The summed E-state index contributed by atoms with van der Waals surface area (Å²) in [6.07, 6.45) is 6.36. The van der Waals surface area contributed by atoms with Gasteiger partial charge >= 0.3 is 0 Å². The zero-order chi connectivity index (χ0) is 13.1. The SMILES string of the molecule is CCCN(CC1CCNCC1)c1nc(C2CC2)ns1. The lowest BCUT2D eigenvalue weighted by Gasteiger charge is -2.29. The predicted molar refractivity (Wildman–Crippen MR) is 80.0 cm³/mol. The molecule has 3 rings (SSSR count). The number of hydrogen-bond acceptors (Lipinski definition) is 5. The van der Waals surface area contributed by atoms with Gasteiger partial charge in [-0.3, -0.25) is 0 Å². The van der Waals surface area contributed by atoms with E-state index in [1.165, 1.54) is 45.2 Å². The van der Waals surface area contributed by atoms with E-state index >= 15 is 0 Å². The molecule has 0 bridgehead atoms. The van der Waals surface area contributed by atoms with Crippen LogP contribution in [-0.2, 0) is 0 Å². The van der Waals surface area contributed by atoms with Crippen LogP contribution in [0.3, 0.4) is 0 Å². The molecule has 1 saturated heterocycles. The lowest BCUT2D eigenvalue weighted by Crippen LogP contribution is -2.36. The quantitative estimate of drug-likeness (QED) is 0.870. The third-order valence-corrected chi connectivity index (χ3v) is 4.87. The lowest BCUT2D eigenvalue weighted by atomic mass is 9.97. The van der Waals surface area contributed by atoms with Gasteiger partial charge in [0.1, 0.15) is 5.82 Å². The summed E-state index contributed by atoms with van der Waals surface area (Å²) >= 11 is 1.60. The van der Waals surface area contributed by atoms with Crippen molar-refractivity contribution in [2.45, 2.75) is 44.9 Å². The van der Waals surface area contributed by atoms with E-state index in [9.17, 15) is 0 Å². The summed E-state index contributed by atoms with van der Waals surface area (Å²) in [4.78, 5) is 7.25. The van der Waals surface area contributed by atoms with Crippen molar-refractivity contribution < 1.29 is 0 Å². The standard InChI is InChI=1S/C14H24N4S/c1-2-9-18(10-11-5-7-15-8-6-11)14-16-13(17-19-14)12-3-4-12/h11-12,15H,2-10H2,1H3. The Morgan fingerprint density at radius 2 is 2.05 bits per heavy atom. The Balaban J connectivity index is 1.64.